The summed E-state index contributed by atoms with van der Waals surface area (Å²) in [5, 5.41) is 10.7. The van der Waals surface area contributed by atoms with Crippen LogP contribution >= 0.6 is 11.6 Å². The summed E-state index contributed by atoms with van der Waals surface area (Å²) in [7, 11) is 0. The van der Waals surface area contributed by atoms with E-state index in [1.54, 1.807) is 18.2 Å². The van der Waals surface area contributed by atoms with Crippen molar-refractivity contribution in [1.82, 2.24) is 14.9 Å². The summed E-state index contributed by atoms with van der Waals surface area (Å²) in [6, 6.07) is 5.10. The van der Waals surface area contributed by atoms with Crippen LogP contribution in [0.5, 0.6) is 0 Å². The van der Waals surface area contributed by atoms with Crippen LogP contribution in [0.2, 0.25) is 5.02 Å². The van der Waals surface area contributed by atoms with Crippen molar-refractivity contribution in [3.8, 4) is 0 Å². The van der Waals surface area contributed by atoms with E-state index in [0.717, 1.165) is 19.4 Å². The molecule has 2 heterocycles. The molecule has 1 aromatic heterocycles. The van der Waals surface area contributed by atoms with Crippen LogP contribution in [-0.4, -0.2) is 39.2 Å². The first kappa shape index (κ1) is 13.5. The smallest absolute Gasteiger partial charge is 0.258 e. The molecule has 2 aromatic rings. The molecular weight excluding hydrogens is 278 g/mol. The van der Waals surface area contributed by atoms with E-state index in [-0.39, 0.29) is 11.7 Å². The van der Waals surface area contributed by atoms with Crippen LogP contribution in [0, 0.1) is 0 Å². The van der Waals surface area contributed by atoms with Gasteiger partial charge in [0.25, 0.3) is 5.56 Å². The highest BCUT2D eigenvalue weighted by molar-refractivity contribution is 6.31. The summed E-state index contributed by atoms with van der Waals surface area (Å²) >= 11 is 5.89. The number of halogens is 1. The van der Waals surface area contributed by atoms with Gasteiger partial charge in [0.05, 0.1) is 23.6 Å². The van der Waals surface area contributed by atoms with Crippen molar-refractivity contribution in [3.05, 3.63) is 39.4 Å². The van der Waals surface area contributed by atoms with Crippen molar-refractivity contribution in [2.24, 2.45) is 0 Å². The lowest BCUT2D eigenvalue weighted by Gasteiger charge is -2.29. The lowest BCUT2D eigenvalue weighted by Crippen LogP contribution is -2.38. The zero-order valence-electron chi connectivity index (χ0n) is 11.0. The zero-order valence-corrected chi connectivity index (χ0v) is 11.7. The largest absolute Gasteiger partial charge is 0.392 e. The average molecular weight is 294 g/mol. The number of nitrogens with one attached hydrogen (secondary N) is 1. The molecule has 0 aliphatic carbocycles. The van der Waals surface area contributed by atoms with Gasteiger partial charge < -0.3 is 10.1 Å². The Morgan fingerprint density at radius 1 is 1.50 bits per heavy atom. The predicted octanol–water partition coefficient (Wildman–Crippen LogP) is 1.53. The molecule has 0 spiro atoms. The highest BCUT2D eigenvalue weighted by Gasteiger charge is 2.18. The van der Waals surface area contributed by atoms with Crippen molar-refractivity contribution in [3.63, 3.8) is 0 Å². The molecule has 20 heavy (non-hydrogen) atoms. The molecule has 3 rings (SSSR count). The minimum absolute atomic E-state index is 0.176. The number of nitrogens with zero attached hydrogens (tertiary/aromatic N) is 2. The van der Waals surface area contributed by atoms with Gasteiger partial charge in [-0.05, 0) is 37.6 Å². The maximum atomic E-state index is 12.0. The molecule has 1 saturated heterocycles. The van der Waals surface area contributed by atoms with E-state index >= 15 is 0 Å². The van der Waals surface area contributed by atoms with Gasteiger partial charge in [0, 0.05) is 11.6 Å². The van der Waals surface area contributed by atoms with Gasteiger partial charge in [0.1, 0.15) is 5.82 Å². The highest BCUT2D eigenvalue weighted by atomic mass is 35.5. The van der Waals surface area contributed by atoms with E-state index in [1.807, 2.05) is 0 Å². The molecule has 0 saturated carbocycles. The van der Waals surface area contributed by atoms with E-state index in [0.29, 0.717) is 34.8 Å². The number of piperidine rings is 1. The Balaban J connectivity index is 1.89. The summed E-state index contributed by atoms with van der Waals surface area (Å²) in [4.78, 5) is 21.4. The Morgan fingerprint density at radius 2 is 2.35 bits per heavy atom. The first-order valence-corrected chi connectivity index (χ1v) is 7.08. The third kappa shape index (κ3) is 2.85. The number of rotatable bonds is 2. The van der Waals surface area contributed by atoms with Crippen molar-refractivity contribution in [2.75, 3.05) is 13.1 Å². The van der Waals surface area contributed by atoms with E-state index < -0.39 is 0 Å². The number of β-amino-alcohol motifs (C(OH)–C–C–N with tert-alkyl or cyclic N) is 1. The Bertz CT molecular complexity index is 686. The Labute approximate surface area is 121 Å². The van der Waals surface area contributed by atoms with Crippen molar-refractivity contribution in [1.29, 1.82) is 0 Å². The first-order valence-electron chi connectivity index (χ1n) is 6.71. The summed E-state index contributed by atoms with van der Waals surface area (Å²) < 4.78 is 0. The number of aliphatic hydroxyl groups excluding tert-OH is 1. The van der Waals surface area contributed by atoms with E-state index in [9.17, 15) is 9.90 Å². The van der Waals surface area contributed by atoms with Crippen molar-refractivity contribution in [2.45, 2.75) is 25.5 Å². The molecule has 1 aliphatic heterocycles. The summed E-state index contributed by atoms with van der Waals surface area (Å²) in [6.45, 7) is 2.09. The number of fused-ring (bicyclic) bond motifs is 1. The Morgan fingerprint density at radius 3 is 3.15 bits per heavy atom. The third-order valence-corrected chi connectivity index (χ3v) is 3.81. The predicted molar refractivity (Wildman–Crippen MR) is 77.9 cm³/mol. The van der Waals surface area contributed by atoms with Crippen LogP contribution in [0.1, 0.15) is 18.7 Å². The SMILES string of the molecule is O=c1[nH]c(CN2CCCC(O)C2)nc2ccc(Cl)cc12. The molecule has 0 radical (unpaired) electrons. The van der Waals surface area contributed by atoms with Crippen molar-refractivity contribution < 1.29 is 5.11 Å². The molecule has 2 N–H and O–H groups in total. The van der Waals surface area contributed by atoms with Gasteiger partial charge >= 0.3 is 0 Å². The summed E-state index contributed by atoms with van der Waals surface area (Å²) in [6.07, 6.45) is 1.53. The van der Waals surface area contributed by atoms with Gasteiger partial charge in [0.2, 0.25) is 0 Å². The van der Waals surface area contributed by atoms with Gasteiger partial charge in [-0.3, -0.25) is 9.69 Å². The molecule has 0 bridgehead atoms. The molecule has 1 fully saturated rings. The van der Waals surface area contributed by atoms with Crippen molar-refractivity contribution >= 4 is 22.5 Å². The fourth-order valence-corrected chi connectivity index (χ4v) is 2.79. The van der Waals surface area contributed by atoms with Crippen LogP contribution in [0.15, 0.2) is 23.0 Å². The number of aromatic amines is 1. The standard InChI is InChI=1S/C14H16ClN3O2/c15-9-3-4-12-11(6-9)14(20)17-13(16-12)8-18-5-1-2-10(19)7-18/h3-4,6,10,19H,1-2,5,7-8H2,(H,16,17,20). The molecular formula is C14H16ClN3O2. The number of likely N-dealkylation sites (tertiary alicyclic amines) is 1. The third-order valence-electron chi connectivity index (χ3n) is 3.57. The molecule has 0 amide bonds. The van der Waals surface area contributed by atoms with Crippen LogP contribution in [0.3, 0.4) is 0 Å². The lowest BCUT2D eigenvalue weighted by atomic mass is 10.1. The second-order valence-electron chi connectivity index (χ2n) is 5.21. The van der Waals surface area contributed by atoms with Gasteiger partial charge in [0.15, 0.2) is 0 Å². The van der Waals surface area contributed by atoms with E-state index in [1.165, 1.54) is 0 Å². The van der Waals surface area contributed by atoms with Crippen LogP contribution in [-0.2, 0) is 6.54 Å². The quantitative estimate of drug-likeness (QED) is 0.881. The van der Waals surface area contributed by atoms with Crippen LogP contribution in [0.25, 0.3) is 10.9 Å². The number of aromatic nitrogens is 2. The molecule has 1 aliphatic rings. The molecule has 6 heteroatoms. The fourth-order valence-electron chi connectivity index (χ4n) is 2.62. The Hall–Kier alpha value is -1.43. The topological polar surface area (TPSA) is 69.2 Å². The maximum Gasteiger partial charge on any atom is 0.258 e. The maximum absolute atomic E-state index is 12.0. The number of H-pyrrole nitrogens is 1. The molecule has 1 aromatic carbocycles. The number of hydrogen-bond donors (Lipinski definition) is 2. The molecule has 5 nitrogen and oxygen atoms in total. The molecule has 1 unspecified atom stereocenters. The van der Waals surface area contributed by atoms with Gasteiger partial charge in [-0.2, -0.15) is 0 Å². The van der Waals surface area contributed by atoms with Gasteiger partial charge in [-0.15, -0.1) is 0 Å². The number of benzene rings is 1. The van der Waals surface area contributed by atoms with Crippen LogP contribution in [0.4, 0.5) is 0 Å². The molecule has 106 valence electrons. The monoisotopic (exact) mass is 293 g/mol. The van der Waals surface area contributed by atoms with Crippen LogP contribution < -0.4 is 5.56 Å². The van der Waals surface area contributed by atoms with E-state index in [2.05, 4.69) is 14.9 Å². The normalized spacial score (nSPS) is 20.4. The van der Waals surface area contributed by atoms with Gasteiger partial charge in [-0.25, -0.2) is 4.98 Å². The average Bonchev–Trinajstić information content (AvgIpc) is 2.40. The van der Waals surface area contributed by atoms with Gasteiger partial charge in [-0.1, -0.05) is 11.6 Å². The number of aliphatic hydroxyl groups is 1. The second kappa shape index (κ2) is 5.52. The lowest BCUT2D eigenvalue weighted by molar-refractivity contribution is 0.0655. The minimum Gasteiger partial charge on any atom is -0.392 e. The second-order valence-corrected chi connectivity index (χ2v) is 5.64. The minimum atomic E-state index is -0.283. The Kier molecular flexibility index (Phi) is 3.74. The highest BCUT2D eigenvalue weighted by Crippen LogP contribution is 2.16. The van der Waals surface area contributed by atoms with E-state index in [4.69, 9.17) is 11.6 Å². The first-order chi connectivity index (χ1) is 9.61. The fraction of sp³-hybridized carbons (Fsp3) is 0.429. The molecule has 1 atom stereocenters. The zero-order chi connectivity index (χ0) is 14.1. The summed E-state index contributed by atoms with van der Waals surface area (Å²) in [5.41, 5.74) is 0.468. The summed E-state index contributed by atoms with van der Waals surface area (Å²) in [5.74, 6) is 0.624. The number of hydrogen-bond acceptors (Lipinski definition) is 4.